The SMILES string of the molecule is Cc1ccc(C(=O)O[C@@H](C)C(N)=O)cc1S(=O)(=O)N1CCOCC1. The van der Waals surface area contributed by atoms with Crippen LogP contribution in [-0.2, 0) is 24.3 Å². The van der Waals surface area contributed by atoms with E-state index >= 15 is 0 Å². The number of nitrogens with zero attached hydrogens (tertiary/aromatic N) is 1. The van der Waals surface area contributed by atoms with Gasteiger partial charge in [-0.15, -0.1) is 0 Å². The zero-order valence-electron chi connectivity index (χ0n) is 13.5. The molecule has 8 nitrogen and oxygen atoms in total. The first-order chi connectivity index (χ1) is 11.2. The van der Waals surface area contributed by atoms with Crippen LogP contribution in [0.2, 0.25) is 0 Å². The molecule has 1 aliphatic rings. The number of ether oxygens (including phenoxy) is 2. The standard InChI is InChI=1S/C15H20N2O6S/c1-10-3-4-12(15(19)23-11(2)14(16)18)9-13(10)24(20,21)17-5-7-22-8-6-17/h3-4,9,11H,5-8H2,1-2H3,(H2,16,18)/t11-/m0/s1. The van der Waals surface area contributed by atoms with Gasteiger partial charge in [-0.25, -0.2) is 13.2 Å². The number of esters is 1. The molecular formula is C15H20N2O6S. The summed E-state index contributed by atoms with van der Waals surface area (Å²) in [6, 6.07) is 4.23. The molecule has 2 rings (SSSR count). The van der Waals surface area contributed by atoms with Gasteiger partial charge in [0.05, 0.1) is 23.7 Å². The quantitative estimate of drug-likeness (QED) is 0.745. The molecule has 0 aromatic heterocycles. The highest BCUT2D eigenvalue weighted by Gasteiger charge is 2.29. The van der Waals surface area contributed by atoms with Gasteiger partial charge in [-0.3, -0.25) is 4.79 Å². The fourth-order valence-corrected chi connectivity index (χ4v) is 3.88. The highest BCUT2D eigenvalue weighted by molar-refractivity contribution is 7.89. The van der Waals surface area contributed by atoms with Crippen molar-refractivity contribution in [2.45, 2.75) is 24.8 Å². The highest BCUT2D eigenvalue weighted by Crippen LogP contribution is 2.23. The molecule has 0 spiro atoms. The zero-order valence-corrected chi connectivity index (χ0v) is 14.3. The van der Waals surface area contributed by atoms with E-state index in [-0.39, 0.29) is 23.5 Å². The topological polar surface area (TPSA) is 116 Å². The maximum absolute atomic E-state index is 12.8. The van der Waals surface area contributed by atoms with Crippen molar-refractivity contribution in [2.75, 3.05) is 26.3 Å². The molecule has 0 bridgehead atoms. The zero-order chi connectivity index (χ0) is 17.9. The van der Waals surface area contributed by atoms with Gasteiger partial charge in [0.15, 0.2) is 6.10 Å². The van der Waals surface area contributed by atoms with Crippen molar-refractivity contribution in [3.05, 3.63) is 29.3 Å². The Morgan fingerprint density at radius 3 is 2.50 bits per heavy atom. The van der Waals surface area contributed by atoms with Crippen molar-refractivity contribution in [1.82, 2.24) is 4.31 Å². The summed E-state index contributed by atoms with van der Waals surface area (Å²) in [5, 5.41) is 0. The lowest BCUT2D eigenvalue weighted by atomic mass is 10.1. The van der Waals surface area contributed by atoms with Crippen molar-refractivity contribution in [1.29, 1.82) is 0 Å². The second-order valence-corrected chi connectivity index (χ2v) is 7.35. The van der Waals surface area contributed by atoms with E-state index in [1.807, 2.05) is 0 Å². The van der Waals surface area contributed by atoms with Crippen LogP contribution in [0, 0.1) is 6.92 Å². The van der Waals surface area contributed by atoms with Crippen LogP contribution in [0.1, 0.15) is 22.8 Å². The number of amides is 1. The second kappa shape index (κ2) is 7.29. The molecular weight excluding hydrogens is 336 g/mol. The summed E-state index contributed by atoms with van der Waals surface area (Å²) in [5.41, 5.74) is 5.61. The van der Waals surface area contributed by atoms with Crippen molar-refractivity contribution in [2.24, 2.45) is 5.73 Å². The Morgan fingerprint density at radius 1 is 1.29 bits per heavy atom. The average molecular weight is 356 g/mol. The minimum Gasteiger partial charge on any atom is -0.449 e. The molecule has 1 aromatic rings. The lowest BCUT2D eigenvalue weighted by Crippen LogP contribution is -2.40. The van der Waals surface area contributed by atoms with Crippen LogP contribution in [0.5, 0.6) is 0 Å². The molecule has 0 unspecified atom stereocenters. The third kappa shape index (κ3) is 3.92. The summed E-state index contributed by atoms with van der Waals surface area (Å²) in [5.74, 6) is -1.59. The molecule has 132 valence electrons. The van der Waals surface area contributed by atoms with Crippen LogP contribution in [0.25, 0.3) is 0 Å². The second-order valence-electron chi connectivity index (χ2n) is 5.45. The number of carbonyl (C=O) groups excluding carboxylic acids is 2. The first-order valence-electron chi connectivity index (χ1n) is 7.42. The van der Waals surface area contributed by atoms with E-state index in [1.165, 1.54) is 29.4 Å². The van der Waals surface area contributed by atoms with Gasteiger partial charge in [-0.2, -0.15) is 4.31 Å². The Kier molecular flexibility index (Phi) is 5.58. The van der Waals surface area contributed by atoms with Crippen LogP contribution in [0.15, 0.2) is 23.1 Å². The normalized spacial score (nSPS) is 17.2. The van der Waals surface area contributed by atoms with Crippen LogP contribution >= 0.6 is 0 Å². The summed E-state index contributed by atoms with van der Waals surface area (Å²) in [6.07, 6.45) is -1.10. The lowest BCUT2D eigenvalue weighted by molar-refractivity contribution is -0.125. The van der Waals surface area contributed by atoms with E-state index in [0.29, 0.717) is 18.8 Å². The summed E-state index contributed by atoms with van der Waals surface area (Å²) in [6.45, 7) is 4.17. The number of sulfonamides is 1. The molecule has 1 fully saturated rings. The van der Waals surface area contributed by atoms with Gasteiger partial charge in [-0.1, -0.05) is 6.07 Å². The molecule has 1 atom stereocenters. The van der Waals surface area contributed by atoms with E-state index in [0.717, 1.165) is 0 Å². The Hall–Kier alpha value is -1.97. The Labute approximate surface area is 140 Å². The number of hydrogen-bond acceptors (Lipinski definition) is 6. The molecule has 24 heavy (non-hydrogen) atoms. The number of morpholine rings is 1. The number of rotatable bonds is 5. The minimum atomic E-state index is -3.74. The molecule has 1 aromatic carbocycles. The maximum atomic E-state index is 12.8. The average Bonchev–Trinajstić information content (AvgIpc) is 2.55. The molecule has 0 radical (unpaired) electrons. The predicted octanol–water partition coefficient (Wildman–Crippen LogP) is 0.0465. The Morgan fingerprint density at radius 2 is 1.92 bits per heavy atom. The van der Waals surface area contributed by atoms with Crippen LogP contribution in [-0.4, -0.2) is 57.0 Å². The van der Waals surface area contributed by atoms with Crippen molar-refractivity contribution in [3.63, 3.8) is 0 Å². The van der Waals surface area contributed by atoms with Gasteiger partial charge < -0.3 is 15.2 Å². The molecule has 1 saturated heterocycles. The van der Waals surface area contributed by atoms with Gasteiger partial charge >= 0.3 is 5.97 Å². The summed E-state index contributed by atoms with van der Waals surface area (Å²) >= 11 is 0. The smallest absolute Gasteiger partial charge is 0.338 e. The van der Waals surface area contributed by atoms with Crippen molar-refractivity contribution in [3.8, 4) is 0 Å². The number of benzene rings is 1. The Balaban J connectivity index is 2.31. The van der Waals surface area contributed by atoms with Gasteiger partial charge in [-0.05, 0) is 31.5 Å². The molecule has 2 N–H and O–H groups in total. The number of hydrogen-bond donors (Lipinski definition) is 1. The third-order valence-corrected chi connectivity index (χ3v) is 5.74. The number of aryl methyl sites for hydroxylation is 1. The number of carbonyl (C=O) groups is 2. The minimum absolute atomic E-state index is 0.0329. The van der Waals surface area contributed by atoms with Gasteiger partial charge in [0.1, 0.15) is 0 Å². The molecule has 1 aliphatic heterocycles. The summed E-state index contributed by atoms with van der Waals surface area (Å²) in [7, 11) is -3.74. The summed E-state index contributed by atoms with van der Waals surface area (Å²) < 4.78 is 36.9. The first kappa shape index (κ1) is 18.4. The third-order valence-electron chi connectivity index (χ3n) is 3.70. The maximum Gasteiger partial charge on any atom is 0.338 e. The van der Waals surface area contributed by atoms with E-state index in [4.69, 9.17) is 15.2 Å². The van der Waals surface area contributed by atoms with E-state index < -0.39 is 28.0 Å². The van der Waals surface area contributed by atoms with Gasteiger partial charge in [0.25, 0.3) is 5.91 Å². The molecule has 1 amide bonds. The fourth-order valence-electron chi connectivity index (χ4n) is 2.22. The van der Waals surface area contributed by atoms with E-state index in [1.54, 1.807) is 6.92 Å². The fraction of sp³-hybridized carbons (Fsp3) is 0.467. The van der Waals surface area contributed by atoms with Gasteiger partial charge in [0.2, 0.25) is 10.0 Å². The van der Waals surface area contributed by atoms with Crippen LogP contribution < -0.4 is 5.73 Å². The number of primary amides is 1. The highest BCUT2D eigenvalue weighted by atomic mass is 32.2. The summed E-state index contributed by atoms with van der Waals surface area (Å²) in [4.78, 5) is 23.1. The van der Waals surface area contributed by atoms with E-state index in [2.05, 4.69) is 0 Å². The molecule has 9 heteroatoms. The molecule has 0 aliphatic carbocycles. The lowest BCUT2D eigenvalue weighted by Gasteiger charge is -2.26. The Bertz CT molecular complexity index is 740. The van der Waals surface area contributed by atoms with E-state index in [9.17, 15) is 18.0 Å². The van der Waals surface area contributed by atoms with Crippen LogP contribution in [0.4, 0.5) is 0 Å². The molecule has 1 heterocycles. The largest absolute Gasteiger partial charge is 0.449 e. The first-order valence-corrected chi connectivity index (χ1v) is 8.86. The van der Waals surface area contributed by atoms with Crippen molar-refractivity contribution >= 4 is 21.9 Å². The van der Waals surface area contributed by atoms with Gasteiger partial charge in [0, 0.05) is 13.1 Å². The number of nitrogens with two attached hydrogens (primary N) is 1. The van der Waals surface area contributed by atoms with Crippen LogP contribution in [0.3, 0.4) is 0 Å². The van der Waals surface area contributed by atoms with Crippen molar-refractivity contribution < 1.29 is 27.5 Å². The predicted molar refractivity (Wildman–Crippen MR) is 84.8 cm³/mol. The monoisotopic (exact) mass is 356 g/mol. The molecule has 0 saturated carbocycles.